The molecule has 0 bridgehead atoms. The maximum Gasteiger partial charge on any atom is 0.0713 e. The predicted octanol–water partition coefficient (Wildman–Crippen LogP) is 1.64. The highest BCUT2D eigenvalue weighted by atomic mass is 16.5. The van der Waals surface area contributed by atoms with Crippen molar-refractivity contribution in [1.29, 1.82) is 0 Å². The largest absolute Gasteiger partial charge is 0.380 e. The Bertz CT molecular complexity index is 375. The first-order valence-electron chi connectivity index (χ1n) is 7.38. The minimum absolute atomic E-state index is 0.492. The van der Waals surface area contributed by atoms with Gasteiger partial charge in [-0.25, -0.2) is 0 Å². The van der Waals surface area contributed by atoms with Crippen LogP contribution in [0, 0.1) is 0 Å². The number of benzene rings is 1. The molecule has 0 radical (unpaired) electrons. The highest BCUT2D eigenvalue weighted by Gasteiger charge is 2.13. The van der Waals surface area contributed by atoms with Gasteiger partial charge in [0, 0.05) is 39.3 Å². The van der Waals surface area contributed by atoms with Crippen molar-refractivity contribution in [3.05, 3.63) is 35.4 Å². The van der Waals surface area contributed by atoms with Crippen LogP contribution in [0.1, 0.15) is 18.1 Å². The maximum absolute atomic E-state index is 5.37. The first kappa shape index (κ1) is 15.4. The molecule has 0 spiro atoms. The van der Waals surface area contributed by atoms with Crippen molar-refractivity contribution in [1.82, 2.24) is 10.2 Å². The van der Waals surface area contributed by atoms with Crippen LogP contribution in [0.2, 0.25) is 0 Å². The Morgan fingerprint density at radius 2 is 1.85 bits per heavy atom. The second kappa shape index (κ2) is 8.37. The molecule has 1 aliphatic rings. The average molecular weight is 278 g/mol. The molecule has 20 heavy (non-hydrogen) atoms. The van der Waals surface area contributed by atoms with Crippen LogP contribution in [0.25, 0.3) is 0 Å². The third-order valence-electron chi connectivity index (χ3n) is 3.62. The lowest BCUT2D eigenvalue weighted by Crippen LogP contribution is -2.44. The van der Waals surface area contributed by atoms with Crippen LogP contribution in [0.5, 0.6) is 0 Å². The zero-order chi connectivity index (χ0) is 14.2. The number of hydrogen-bond donors (Lipinski definition) is 1. The highest BCUT2D eigenvalue weighted by Crippen LogP contribution is 2.06. The van der Waals surface area contributed by atoms with E-state index >= 15 is 0 Å². The molecule has 1 heterocycles. The van der Waals surface area contributed by atoms with E-state index in [1.807, 2.05) is 0 Å². The quantitative estimate of drug-likeness (QED) is 0.822. The summed E-state index contributed by atoms with van der Waals surface area (Å²) in [5.74, 6) is 0. The Morgan fingerprint density at radius 3 is 2.50 bits per heavy atom. The summed E-state index contributed by atoms with van der Waals surface area (Å²) in [7, 11) is 1.72. The van der Waals surface area contributed by atoms with Gasteiger partial charge >= 0.3 is 0 Å². The lowest BCUT2D eigenvalue weighted by Gasteiger charge is -2.29. The van der Waals surface area contributed by atoms with Crippen molar-refractivity contribution >= 4 is 0 Å². The zero-order valence-electron chi connectivity index (χ0n) is 12.6. The molecular weight excluding hydrogens is 252 g/mol. The van der Waals surface area contributed by atoms with E-state index in [2.05, 4.69) is 41.4 Å². The SMILES string of the molecule is COCc1ccc(CNC(C)CN2CCOCC2)cc1. The van der Waals surface area contributed by atoms with Gasteiger partial charge in [0.15, 0.2) is 0 Å². The van der Waals surface area contributed by atoms with E-state index in [9.17, 15) is 0 Å². The van der Waals surface area contributed by atoms with Crippen LogP contribution in [0.15, 0.2) is 24.3 Å². The topological polar surface area (TPSA) is 33.7 Å². The third-order valence-corrected chi connectivity index (χ3v) is 3.62. The van der Waals surface area contributed by atoms with Gasteiger partial charge in [-0.2, -0.15) is 0 Å². The number of hydrogen-bond acceptors (Lipinski definition) is 4. The van der Waals surface area contributed by atoms with Gasteiger partial charge in [-0.3, -0.25) is 4.90 Å². The summed E-state index contributed by atoms with van der Waals surface area (Å²) >= 11 is 0. The summed E-state index contributed by atoms with van der Waals surface area (Å²) in [5.41, 5.74) is 2.54. The van der Waals surface area contributed by atoms with Crippen molar-refractivity contribution in [2.24, 2.45) is 0 Å². The molecule has 1 fully saturated rings. The van der Waals surface area contributed by atoms with Gasteiger partial charge in [-0.15, -0.1) is 0 Å². The van der Waals surface area contributed by atoms with Gasteiger partial charge in [-0.05, 0) is 18.1 Å². The van der Waals surface area contributed by atoms with E-state index in [1.165, 1.54) is 11.1 Å². The predicted molar refractivity (Wildman–Crippen MR) is 80.7 cm³/mol. The molecule has 112 valence electrons. The lowest BCUT2D eigenvalue weighted by molar-refractivity contribution is 0.0343. The highest BCUT2D eigenvalue weighted by molar-refractivity contribution is 5.21. The molecule has 0 saturated carbocycles. The van der Waals surface area contributed by atoms with Crippen LogP contribution >= 0.6 is 0 Å². The number of nitrogens with one attached hydrogen (secondary N) is 1. The van der Waals surface area contributed by atoms with Crippen LogP contribution < -0.4 is 5.32 Å². The van der Waals surface area contributed by atoms with E-state index in [0.29, 0.717) is 12.6 Å². The van der Waals surface area contributed by atoms with Crippen molar-refractivity contribution in [3.63, 3.8) is 0 Å². The molecular formula is C16H26N2O2. The van der Waals surface area contributed by atoms with Gasteiger partial charge in [0.2, 0.25) is 0 Å². The van der Waals surface area contributed by atoms with E-state index in [4.69, 9.17) is 9.47 Å². The summed E-state index contributed by atoms with van der Waals surface area (Å²) in [5, 5.41) is 3.58. The second-order valence-corrected chi connectivity index (χ2v) is 5.44. The fourth-order valence-corrected chi connectivity index (χ4v) is 2.45. The third kappa shape index (κ3) is 5.21. The van der Waals surface area contributed by atoms with Crippen LogP contribution in [-0.2, 0) is 22.6 Å². The Labute approximate surface area is 122 Å². The van der Waals surface area contributed by atoms with Crippen LogP contribution in [0.4, 0.5) is 0 Å². The van der Waals surface area contributed by atoms with Crippen molar-refractivity contribution in [2.75, 3.05) is 40.0 Å². The molecule has 4 heteroatoms. The monoisotopic (exact) mass is 278 g/mol. The number of ether oxygens (including phenoxy) is 2. The number of morpholine rings is 1. The first-order chi connectivity index (χ1) is 9.78. The molecule has 4 nitrogen and oxygen atoms in total. The molecule has 1 atom stereocenters. The first-order valence-corrected chi connectivity index (χ1v) is 7.38. The molecule has 1 unspecified atom stereocenters. The van der Waals surface area contributed by atoms with Crippen molar-refractivity contribution in [3.8, 4) is 0 Å². The van der Waals surface area contributed by atoms with Gasteiger partial charge in [0.05, 0.1) is 19.8 Å². The minimum Gasteiger partial charge on any atom is -0.380 e. The Kier molecular flexibility index (Phi) is 6.47. The van der Waals surface area contributed by atoms with E-state index < -0.39 is 0 Å². The fraction of sp³-hybridized carbons (Fsp3) is 0.625. The van der Waals surface area contributed by atoms with Gasteiger partial charge in [0.25, 0.3) is 0 Å². The second-order valence-electron chi connectivity index (χ2n) is 5.44. The number of rotatable bonds is 7. The molecule has 0 aromatic heterocycles. The molecule has 1 aliphatic heterocycles. The summed E-state index contributed by atoms with van der Waals surface area (Å²) in [6.45, 7) is 8.77. The van der Waals surface area contributed by atoms with E-state index in [0.717, 1.165) is 39.4 Å². The van der Waals surface area contributed by atoms with E-state index in [1.54, 1.807) is 7.11 Å². The Morgan fingerprint density at radius 1 is 1.20 bits per heavy atom. The Hall–Kier alpha value is -0.940. The van der Waals surface area contributed by atoms with Crippen molar-refractivity contribution < 1.29 is 9.47 Å². The molecule has 0 amide bonds. The Balaban J connectivity index is 1.70. The van der Waals surface area contributed by atoms with E-state index in [-0.39, 0.29) is 0 Å². The zero-order valence-corrected chi connectivity index (χ0v) is 12.6. The lowest BCUT2D eigenvalue weighted by atomic mass is 10.1. The summed E-state index contributed by atoms with van der Waals surface area (Å²) in [6, 6.07) is 9.10. The molecule has 1 saturated heterocycles. The number of nitrogens with zero attached hydrogens (tertiary/aromatic N) is 1. The van der Waals surface area contributed by atoms with Crippen molar-refractivity contribution in [2.45, 2.75) is 26.1 Å². The number of methoxy groups -OCH3 is 1. The molecule has 1 aromatic rings. The van der Waals surface area contributed by atoms with Gasteiger partial charge in [0.1, 0.15) is 0 Å². The molecule has 2 rings (SSSR count). The van der Waals surface area contributed by atoms with Gasteiger partial charge in [-0.1, -0.05) is 24.3 Å². The fourth-order valence-electron chi connectivity index (χ4n) is 2.45. The molecule has 1 N–H and O–H groups in total. The molecule has 1 aromatic carbocycles. The average Bonchev–Trinajstić information content (AvgIpc) is 2.48. The summed E-state index contributed by atoms with van der Waals surface area (Å²) < 4.78 is 10.5. The summed E-state index contributed by atoms with van der Waals surface area (Å²) in [6.07, 6.45) is 0. The van der Waals surface area contributed by atoms with Crippen LogP contribution in [-0.4, -0.2) is 50.9 Å². The maximum atomic E-state index is 5.37. The standard InChI is InChI=1S/C16H26N2O2/c1-14(12-18-7-9-20-10-8-18)17-11-15-3-5-16(6-4-15)13-19-2/h3-6,14,17H,7-13H2,1-2H3. The van der Waals surface area contributed by atoms with Crippen LogP contribution in [0.3, 0.4) is 0 Å². The minimum atomic E-state index is 0.492. The summed E-state index contributed by atoms with van der Waals surface area (Å²) in [4.78, 5) is 2.46. The van der Waals surface area contributed by atoms with Gasteiger partial charge < -0.3 is 14.8 Å². The smallest absolute Gasteiger partial charge is 0.0713 e. The molecule has 0 aliphatic carbocycles. The normalized spacial score (nSPS) is 18.1.